The van der Waals surface area contributed by atoms with Crippen molar-refractivity contribution in [1.29, 1.82) is 0 Å². The number of halogens is 1. The van der Waals surface area contributed by atoms with Gasteiger partial charge in [-0.05, 0) is 48.4 Å². The number of benzene rings is 3. The van der Waals surface area contributed by atoms with E-state index < -0.39 is 17.7 Å². The zero-order chi connectivity index (χ0) is 27.8. The predicted molar refractivity (Wildman–Crippen MR) is 154 cm³/mol. The quantitative estimate of drug-likeness (QED) is 0.0931. The highest BCUT2D eigenvalue weighted by atomic mass is 35.5. The third-order valence-electron chi connectivity index (χ3n) is 6.51. The van der Waals surface area contributed by atoms with E-state index in [1.807, 2.05) is 19.1 Å². The molecule has 11 heteroatoms. The second kappa shape index (κ2) is 11.0. The van der Waals surface area contributed by atoms with Crippen LogP contribution in [0.5, 0.6) is 11.5 Å². The number of ether oxygens (including phenoxy) is 2. The zero-order valence-electron chi connectivity index (χ0n) is 21.2. The van der Waals surface area contributed by atoms with Gasteiger partial charge in [0.05, 0.1) is 11.6 Å². The van der Waals surface area contributed by atoms with Crippen LogP contribution in [0.2, 0.25) is 5.02 Å². The molecular formula is C29H22ClN3O5S2. The number of aliphatic hydroxyl groups is 1. The smallest absolute Gasteiger partial charge is 0.301 e. The molecule has 1 unspecified atom stereocenters. The Morgan fingerprint density at radius 2 is 1.82 bits per heavy atom. The van der Waals surface area contributed by atoms with Crippen LogP contribution in [0.1, 0.15) is 28.3 Å². The number of thioether (sulfide) groups is 1. The van der Waals surface area contributed by atoms with Gasteiger partial charge in [-0.1, -0.05) is 76.7 Å². The highest BCUT2D eigenvalue weighted by Gasteiger charge is 2.48. The molecular weight excluding hydrogens is 570 g/mol. The number of amides is 1. The summed E-state index contributed by atoms with van der Waals surface area (Å²) in [6.07, 6.45) is 0. The van der Waals surface area contributed by atoms with Crippen LogP contribution in [0, 0.1) is 6.92 Å². The average molecular weight is 592 g/mol. The van der Waals surface area contributed by atoms with Crippen LogP contribution in [0.3, 0.4) is 0 Å². The Morgan fingerprint density at radius 1 is 1.05 bits per heavy atom. The largest absolute Gasteiger partial charge is 0.507 e. The minimum Gasteiger partial charge on any atom is -0.507 e. The van der Waals surface area contributed by atoms with Gasteiger partial charge in [-0.15, -0.1) is 10.2 Å². The van der Waals surface area contributed by atoms with E-state index in [4.69, 9.17) is 21.1 Å². The first-order chi connectivity index (χ1) is 19.4. The number of aryl methyl sites for hydroxylation is 1. The molecule has 0 radical (unpaired) electrons. The molecule has 2 aliphatic heterocycles. The van der Waals surface area contributed by atoms with Crippen molar-refractivity contribution in [2.45, 2.75) is 23.1 Å². The molecule has 0 aliphatic carbocycles. The van der Waals surface area contributed by atoms with Gasteiger partial charge in [-0.25, -0.2) is 0 Å². The second-order valence-corrected chi connectivity index (χ2v) is 11.8. The predicted octanol–water partition coefficient (Wildman–Crippen LogP) is 6.19. The molecule has 3 aromatic carbocycles. The molecule has 1 aromatic heterocycles. The number of carbonyl (C=O) groups is 2. The molecule has 8 nitrogen and oxygen atoms in total. The van der Waals surface area contributed by atoms with Gasteiger partial charge in [0.2, 0.25) is 5.13 Å². The van der Waals surface area contributed by atoms with Crippen LogP contribution in [0.15, 0.2) is 76.6 Å². The standard InChI is InChI=1S/C29H22ClN3O5S2/c1-16-5-7-17(8-6-16)15-39-29-32-31-28(40-29)33-24(18-3-2-4-20(30)13-18)23(26(35)27(33)36)25(34)19-9-10-21-22(14-19)38-12-11-37-21/h2-10,13-14,24,34H,11-12,15H2,1H3/b25-23-. The maximum absolute atomic E-state index is 13.5. The number of rotatable bonds is 6. The van der Waals surface area contributed by atoms with Crippen molar-refractivity contribution in [2.75, 3.05) is 18.1 Å². The summed E-state index contributed by atoms with van der Waals surface area (Å²) in [5, 5.41) is 20.6. The molecule has 1 N–H and O–H groups in total. The number of ketones is 1. The van der Waals surface area contributed by atoms with E-state index in [2.05, 4.69) is 22.3 Å². The fourth-order valence-electron chi connectivity index (χ4n) is 4.56. The van der Waals surface area contributed by atoms with Gasteiger partial charge in [0.25, 0.3) is 5.78 Å². The van der Waals surface area contributed by atoms with Gasteiger partial charge in [-0.3, -0.25) is 14.5 Å². The van der Waals surface area contributed by atoms with Crippen LogP contribution in [-0.4, -0.2) is 40.2 Å². The number of Topliss-reactive ketones (excluding diaryl/α,β-unsaturated/α-hetero) is 1. The Balaban J connectivity index is 1.38. The number of fused-ring (bicyclic) bond motifs is 1. The summed E-state index contributed by atoms with van der Waals surface area (Å²) in [4.78, 5) is 28.2. The molecule has 2 aliphatic rings. The molecule has 1 atom stereocenters. The number of aliphatic hydroxyl groups excluding tert-OH is 1. The van der Waals surface area contributed by atoms with E-state index in [0.29, 0.717) is 51.0 Å². The fourth-order valence-corrected chi connectivity index (χ4v) is 6.58. The molecule has 3 heterocycles. The molecule has 1 saturated heterocycles. The maximum atomic E-state index is 13.5. The summed E-state index contributed by atoms with van der Waals surface area (Å²) in [6.45, 7) is 2.82. The Bertz CT molecular complexity index is 1650. The van der Waals surface area contributed by atoms with Gasteiger partial charge in [0.15, 0.2) is 15.8 Å². The average Bonchev–Trinajstić information content (AvgIpc) is 3.54. The lowest BCUT2D eigenvalue weighted by Crippen LogP contribution is -2.29. The molecule has 40 heavy (non-hydrogen) atoms. The molecule has 202 valence electrons. The highest BCUT2D eigenvalue weighted by molar-refractivity contribution is 8.00. The van der Waals surface area contributed by atoms with E-state index in [0.717, 1.165) is 5.56 Å². The van der Waals surface area contributed by atoms with Crippen molar-refractivity contribution in [3.63, 3.8) is 0 Å². The first kappa shape index (κ1) is 26.4. The minimum atomic E-state index is -0.963. The van der Waals surface area contributed by atoms with E-state index in [1.54, 1.807) is 42.5 Å². The molecule has 0 spiro atoms. The summed E-state index contributed by atoms with van der Waals surface area (Å²) in [5.74, 6) is -0.310. The van der Waals surface area contributed by atoms with Crippen molar-refractivity contribution in [3.05, 3.63) is 99.6 Å². The summed E-state index contributed by atoms with van der Waals surface area (Å²) >= 11 is 9.00. The van der Waals surface area contributed by atoms with E-state index in [-0.39, 0.29) is 16.5 Å². The molecule has 4 aromatic rings. The SMILES string of the molecule is Cc1ccc(CSc2nnc(N3C(=O)C(=O)/C(=C(\O)c4ccc5c(c4)OCCO5)C3c3cccc(Cl)c3)s2)cc1. The third-order valence-corrected chi connectivity index (χ3v) is 8.87. The zero-order valence-corrected chi connectivity index (χ0v) is 23.6. The fraction of sp³-hybridized carbons (Fsp3) is 0.172. The Kier molecular flexibility index (Phi) is 7.22. The van der Waals surface area contributed by atoms with E-state index in [1.165, 1.54) is 33.6 Å². The Hall–Kier alpha value is -3.86. The number of hydrogen-bond donors (Lipinski definition) is 1. The number of carbonyl (C=O) groups excluding carboxylic acids is 2. The summed E-state index contributed by atoms with van der Waals surface area (Å²) in [7, 11) is 0. The topological polar surface area (TPSA) is 102 Å². The Morgan fingerprint density at radius 3 is 2.60 bits per heavy atom. The Labute approximate surface area is 243 Å². The number of hydrogen-bond acceptors (Lipinski definition) is 9. The van der Waals surface area contributed by atoms with Crippen molar-refractivity contribution >= 4 is 57.3 Å². The van der Waals surface area contributed by atoms with Crippen LogP contribution in [0.4, 0.5) is 5.13 Å². The van der Waals surface area contributed by atoms with Crippen molar-refractivity contribution in [1.82, 2.24) is 10.2 Å². The van der Waals surface area contributed by atoms with E-state index >= 15 is 0 Å². The lowest BCUT2D eigenvalue weighted by Gasteiger charge is -2.23. The lowest BCUT2D eigenvalue weighted by molar-refractivity contribution is -0.132. The summed E-state index contributed by atoms with van der Waals surface area (Å²) in [6, 6.07) is 19.0. The molecule has 0 bridgehead atoms. The second-order valence-electron chi connectivity index (χ2n) is 9.21. The van der Waals surface area contributed by atoms with Gasteiger partial charge in [-0.2, -0.15) is 0 Å². The lowest BCUT2D eigenvalue weighted by atomic mass is 9.95. The third kappa shape index (κ3) is 5.05. The maximum Gasteiger partial charge on any atom is 0.301 e. The van der Waals surface area contributed by atoms with Crippen LogP contribution >= 0.6 is 34.7 Å². The van der Waals surface area contributed by atoms with Crippen LogP contribution in [0.25, 0.3) is 5.76 Å². The summed E-state index contributed by atoms with van der Waals surface area (Å²) in [5.41, 5.74) is 3.11. The highest BCUT2D eigenvalue weighted by Crippen LogP contribution is 2.45. The molecule has 1 amide bonds. The van der Waals surface area contributed by atoms with Crippen LogP contribution < -0.4 is 14.4 Å². The van der Waals surface area contributed by atoms with Gasteiger partial charge in [0.1, 0.15) is 19.0 Å². The van der Waals surface area contributed by atoms with Crippen molar-refractivity contribution < 1.29 is 24.2 Å². The van der Waals surface area contributed by atoms with Crippen molar-refractivity contribution in [2.24, 2.45) is 0 Å². The minimum absolute atomic E-state index is 0.0759. The first-order valence-corrected chi connectivity index (χ1v) is 14.6. The number of anilines is 1. The summed E-state index contributed by atoms with van der Waals surface area (Å²) < 4.78 is 11.9. The molecule has 6 rings (SSSR count). The van der Waals surface area contributed by atoms with E-state index in [9.17, 15) is 14.7 Å². The van der Waals surface area contributed by atoms with Crippen LogP contribution in [-0.2, 0) is 15.3 Å². The van der Waals surface area contributed by atoms with Crippen molar-refractivity contribution in [3.8, 4) is 11.5 Å². The number of nitrogens with zero attached hydrogens (tertiary/aromatic N) is 3. The van der Waals surface area contributed by atoms with Gasteiger partial charge < -0.3 is 14.6 Å². The number of aromatic nitrogens is 2. The van der Waals surface area contributed by atoms with Gasteiger partial charge in [0, 0.05) is 16.3 Å². The normalized spacial score (nSPS) is 17.9. The van der Waals surface area contributed by atoms with Gasteiger partial charge >= 0.3 is 5.91 Å². The first-order valence-electron chi connectivity index (χ1n) is 12.4. The molecule has 0 saturated carbocycles. The monoisotopic (exact) mass is 591 g/mol. The molecule has 1 fully saturated rings.